The summed E-state index contributed by atoms with van der Waals surface area (Å²) < 4.78 is 0. The van der Waals surface area contributed by atoms with Crippen molar-refractivity contribution in [2.75, 3.05) is 0 Å². The van der Waals surface area contributed by atoms with Crippen molar-refractivity contribution in [2.24, 2.45) is 5.73 Å². The summed E-state index contributed by atoms with van der Waals surface area (Å²) in [5.74, 6) is -1.53. The highest BCUT2D eigenvalue weighted by molar-refractivity contribution is 5.86. The molecule has 0 aromatic carbocycles. The molecular formula is C6H23N2O8+. The number of carboxylic acid groups (broad SMARTS) is 1. The van der Waals surface area contributed by atoms with Gasteiger partial charge >= 0.3 is 7.40 Å². The Morgan fingerprint density at radius 1 is 1.12 bits per heavy atom. The van der Waals surface area contributed by atoms with E-state index < -0.39 is 24.0 Å². The van der Waals surface area contributed by atoms with Gasteiger partial charge in [0, 0.05) is 0 Å². The lowest BCUT2D eigenvalue weighted by Crippen LogP contribution is -2.45. The van der Waals surface area contributed by atoms with Gasteiger partial charge in [-0.25, -0.2) is 0 Å². The van der Waals surface area contributed by atoms with Crippen molar-refractivity contribution < 1.29 is 43.5 Å². The topological polar surface area (TPSA) is 250 Å². The third kappa shape index (κ3) is 15.2. The second-order valence-electron chi connectivity index (χ2n) is 2.36. The Hall–Kier alpha value is -1.30. The summed E-state index contributed by atoms with van der Waals surface area (Å²) in [5, 5.41) is 10.6. The van der Waals surface area contributed by atoms with Crippen LogP contribution in [0.5, 0.6) is 0 Å². The fourth-order valence-electron chi connectivity index (χ4n) is 0.407. The molecule has 0 aliphatic heterocycles. The minimum Gasteiger partial charge on any atom is -0.480 e. The van der Waals surface area contributed by atoms with Crippen LogP contribution in [-0.2, 0) is 9.59 Å². The van der Waals surface area contributed by atoms with E-state index in [0.717, 1.165) is 0 Å². The van der Waals surface area contributed by atoms with Crippen molar-refractivity contribution in [1.29, 1.82) is 0 Å². The van der Waals surface area contributed by atoms with Gasteiger partial charge in [-0.15, -0.1) is 0 Å². The Morgan fingerprint density at radius 2 is 1.44 bits per heavy atom. The monoisotopic (exact) mass is 251 g/mol. The van der Waals surface area contributed by atoms with Gasteiger partial charge < -0.3 is 43.5 Å². The molecule has 0 aromatic heterocycles. The highest BCUT2D eigenvalue weighted by Crippen LogP contribution is 1.83. The van der Waals surface area contributed by atoms with Crippen molar-refractivity contribution >= 4 is 11.9 Å². The first-order chi connectivity index (χ1) is 4.95. The van der Waals surface area contributed by atoms with Gasteiger partial charge in [0.25, 0.3) is 0 Å². The molecule has 2 atom stereocenters. The molecule has 0 aliphatic carbocycles. The minimum atomic E-state index is -1.07. The van der Waals surface area contributed by atoms with Gasteiger partial charge in [-0.1, -0.05) is 0 Å². The summed E-state index contributed by atoms with van der Waals surface area (Å²) >= 11 is 0. The van der Waals surface area contributed by atoms with E-state index in [0.29, 0.717) is 0 Å². The lowest BCUT2D eigenvalue weighted by atomic mass is 10.3. The van der Waals surface area contributed by atoms with E-state index >= 15 is 0 Å². The molecule has 0 aromatic rings. The van der Waals surface area contributed by atoms with Crippen LogP contribution in [0.2, 0.25) is 0 Å². The standard InChI is InChI=1S/C6H12N2O3.5H2O/c1-3(7)5(9)8-4(2)6(10)11;;;;;/h3-4H,7H2,1-2H3,(H,8,9)(H,10,11);5*1H2/p+1/t3-,4-;;;;;/m0...../s1. The van der Waals surface area contributed by atoms with E-state index in [9.17, 15) is 9.59 Å². The van der Waals surface area contributed by atoms with Crippen LogP contribution in [0.3, 0.4) is 0 Å². The van der Waals surface area contributed by atoms with Crippen LogP contribution < -0.4 is 11.1 Å². The number of carbonyl (C=O) groups excluding carboxylic acids is 1. The van der Waals surface area contributed by atoms with Gasteiger partial charge in [-0.2, -0.15) is 0 Å². The van der Waals surface area contributed by atoms with Gasteiger partial charge in [0.15, 0.2) is 0 Å². The van der Waals surface area contributed by atoms with Crippen LogP contribution in [0, 0.1) is 0 Å². The molecular weight excluding hydrogens is 228 g/mol. The maximum atomic E-state index is 10.8. The normalized spacial score (nSPS) is 10.4. The number of nitrogens with two attached hydrogens (primary N) is 1. The summed E-state index contributed by atoms with van der Waals surface area (Å²) in [6.07, 6.45) is 0. The number of carbonyl (C=O) groups is 2. The molecule has 16 heavy (non-hydrogen) atoms. The zero-order valence-electron chi connectivity index (χ0n) is 10.00. The summed E-state index contributed by atoms with van der Waals surface area (Å²) in [6, 6.07) is -1.55. The molecule has 0 heterocycles. The predicted molar refractivity (Wildman–Crippen MR) is 58.1 cm³/mol. The zero-order chi connectivity index (χ0) is 9.02. The van der Waals surface area contributed by atoms with Crippen molar-refractivity contribution in [3.05, 3.63) is 0 Å². The molecule has 10 heteroatoms. The number of carboxylic acids is 1. The molecule has 0 fully saturated rings. The molecule has 1 amide bonds. The maximum absolute atomic E-state index is 10.8. The van der Waals surface area contributed by atoms with Gasteiger partial charge in [0.1, 0.15) is 6.04 Å². The Balaban J connectivity index is -0.0000000333. The summed E-state index contributed by atoms with van der Waals surface area (Å²) in [7, 11) is 0. The van der Waals surface area contributed by atoms with E-state index in [1.807, 2.05) is 0 Å². The van der Waals surface area contributed by atoms with Crippen LogP contribution >= 0.6 is 0 Å². The smallest absolute Gasteiger partial charge is 0.480 e. The number of nitrogens with one attached hydrogen (secondary N) is 1. The van der Waals surface area contributed by atoms with Gasteiger partial charge in [-0.05, 0) is 13.8 Å². The summed E-state index contributed by atoms with van der Waals surface area (Å²) in [5.41, 5.74) is 5.18. The Bertz CT molecular complexity index is 179. The van der Waals surface area contributed by atoms with E-state index in [1.165, 1.54) is 13.8 Å². The number of rotatable bonds is 3. The average molecular weight is 251 g/mol. The molecule has 0 spiro atoms. The Morgan fingerprint density at radius 3 is 1.62 bits per heavy atom. The zero-order valence-corrected chi connectivity index (χ0v) is 9.00. The summed E-state index contributed by atoms with van der Waals surface area (Å²) in [6.45, 7) is 2.87. The molecule has 0 saturated carbocycles. The lowest BCUT2D eigenvalue weighted by molar-refractivity contribution is -0.141. The molecule has 0 rings (SSSR count). The first kappa shape index (κ1) is 36.5. The van der Waals surface area contributed by atoms with Crippen molar-refractivity contribution in [3.8, 4) is 0 Å². The van der Waals surface area contributed by atoms with E-state index in [4.69, 9.17) is 10.8 Å². The third-order valence-corrected chi connectivity index (χ3v) is 1.14. The van der Waals surface area contributed by atoms with Crippen molar-refractivity contribution in [2.45, 2.75) is 25.9 Å². The Kier molecular flexibility index (Phi) is 36.8. The van der Waals surface area contributed by atoms with Crippen molar-refractivity contribution in [1.82, 2.24) is 5.32 Å². The van der Waals surface area contributed by atoms with Gasteiger partial charge in [-0.3, -0.25) is 9.59 Å². The molecule has 14 N–H and O–H groups in total. The number of hydrogen-bond acceptors (Lipinski definition) is 3. The molecule has 0 saturated heterocycles. The van der Waals surface area contributed by atoms with Crippen molar-refractivity contribution in [3.63, 3.8) is 0 Å². The maximum Gasteiger partial charge on any atom is 1.00 e. The third-order valence-electron chi connectivity index (χ3n) is 1.14. The SMILES string of the molecule is C[C@H](N)C(=O)N[C@@H](C)C(=O)O.O.O.O.O.O.[H+]. The molecule has 10 nitrogen and oxygen atoms in total. The fourth-order valence-corrected chi connectivity index (χ4v) is 0.407. The molecule has 0 aliphatic rings. The number of aliphatic carboxylic acids is 1. The molecule has 0 unspecified atom stereocenters. The number of hydrogen-bond donors (Lipinski definition) is 3. The van der Waals surface area contributed by atoms with Crippen LogP contribution in [0.15, 0.2) is 0 Å². The van der Waals surface area contributed by atoms with Gasteiger partial charge in [0.2, 0.25) is 5.91 Å². The van der Waals surface area contributed by atoms with Crippen LogP contribution in [-0.4, -0.2) is 56.4 Å². The van der Waals surface area contributed by atoms with Crippen LogP contribution in [0.4, 0.5) is 0 Å². The largest absolute Gasteiger partial charge is 1.00 e. The highest BCUT2D eigenvalue weighted by atomic mass is 16.4. The Labute approximate surface area is 93.5 Å². The molecule has 0 radical (unpaired) electrons. The van der Waals surface area contributed by atoms with E-state index in [1.54, 1.807) is 0 Å². The quantitative estimate of drug-likeness (QED) is 0.444. The minimum absolute atomic E-state index is 0. The lowest BCUT2D eigenvalue weighted by Gasteiger charge is -2.10. The van der Waals surface area contributed by atoms with Crippen LogP contribution in [0.1, 0.15) is 15.3 Å². The highest BCUT2D eigenvalue weighted by Gasteiger charge is 2.15. The first-order valence-corrected chi connectivity index (χ1v) is 3.24. The fraction of sp³-hybridized carbons (Fsp3) is 0.667. The number of amides is 1. The second-order valence-corrected chi connectivity index (χ2v) is 2.36. The average Bonchev–Trinajstić information content (AvgIpc) is 1.87. The van der Waals surface area contributed by atoms with Gasteiger partial charge in [0.05, 0.1) is 6.04 Å². The molecule has 0 bridgehead atoms. The first-order valence-electron chi connectivity index (χ1n) is 3.24. The van der Waals surface area contributed by atoms with E-state index in [2.05, 4.69) is 5.32 Å². The second kappa shape index (κ2) is 16.1. The van der Waals surface area contributed by atoms with Crippen LogP contribution in [0.25, 0.3) is 0 Å². The summed E-state index contributed by atoms with van der Waals surface area (Å²) in [4.78, 5) is 21.0. The molecule has 104 valence electrons. The van der Waals surface area contributed by atoms with E-state index in [-0.39, 0.29) is 28.8 Å². The predicted octanol–water partition coefficient (Wildman–Crippen LogP) is -5.09.